The molecule has 3 rings (SSSR count). The lowest BCUT2D eigenvalue weighted by Gasteiger charge is -2.16. The number of rotatable bonds is 2. The van der Waals surface area contributed by atoms with Gasteiger partial charge in [0.1, 0.15) is 11.5 Å². The van der Waals surface area contributed by atoms with E-state index in [-0.39, 0.29) is 5.92 Å². The molecule has 1 saturated carbocycles. The van der Waals surface area contributed by atoms with E-state index in [1.807, 2.05) is 19.1 Å². The zero-order chi connectivity index (χ0) is 13.2. The largest absolute Gasteiger partial charge is 0.339 e. The fourth-order valence-corrected chi connectivity index (χ4v) is 2.35. The summed E-state index contributed by atoms with van der Waals surface area (Å²) in [7, 11) is 0. The highest BCUT2D eigenvalue weighted by atomic mass is 16.5. The van der Waals surface area contributed by atoms with Crippen LogP contribution < -0.4 is 0 Å². The van der Waals surface area contributed by atoms with Crippen LogP contribution in [0.15, 0.2) is 22.9 Å². The Morgan fingerprint density at radius 3 is 2.84 bits per heavy atom. The van der Waals surface area contributed by atoms with Crippen LogP contribution in [0.1, 0.15) is 43.1 Å². The maximum atomic E-state index is 11.2. The van der Waals surface area contributed by atoms with Gasteiger partial charge in [0.25, 0.3) is 0 Å². The van der Waals surface area contributed by atoms with Crippen LogP contribution in [0, 0.1) is 6.92 Å². The number of aromatic nitrogens is 3. The van der Waals surface area contributed by atoms with E-state index in [1.165, 1.54) is 0 Å². The fourth-order valence-electron chi connectivity index (χ4n) is 2.35. The highest BCUT2D eigenvalue weighted by Gasteiger charge is 2.25. The Morgan fingerprint density at radius 2 is 2.11 bits per heavy atom. The number of Topliss-reactive ketones (excluding diaryl/α,β-unsaturated/α-hetero) is 1. The molecule has 1 fully saturated rings. The number of nitrogens with zero attached hydrogens (tertiary/aromatic N) is 3. The Balaban J connectivity index is 1.81. The van der Waals surface area contributed by atoms with Gasteiger partial charge in [0, 0.05) is 25.0 Å². The molecule has 0 atom stereocenters. The number of carbonyl (C=O) groups is 1. The van der Waals surface area contributed by atoms with Gasteiger partial charge < -0.3 is 4.52 Å². The number of ketones is 1. The summed E-state index contributed by atoms with van der Waals surface area (Å²) in [6.07, 6.45) is 4.58. The third kappa shape index (κ3) is 2.54. The molecule has 0 radical (unpaired) electrons. The number of aryl methyl sites for hydroxylation is 1. The minimum Gasteiger partial charge on any atom is -0.339 e. The summed E-state index contributed by atoms with van der Waals surface area (Å²) >= 11 is 0. The van der Waals surface area contributed by atoms with Crippen LogP contribution in [0.3, 0.4) is 0 Å². The number of hydrogen-bond donors (Lipinski definition) is 0. The first-order valence-electron chi connectivity index (χ1n) is 6.51. The predicted octanol–water partition coefficient (Wildman–Crippen LogP) is 2.67. The molecular formula is C14H15N3O2. The minimum atomic E-state index is 0.212. The lowest BCUT2D eigenvalue weighted by atomic mass is 9.88. The molecule has 0 saturated heterocycles. The number of carbonyl (C=O) groups excluding carboxylic acids is 1. The summed E-state index contributed by atoms with van der Waals surface area (Å²) in [4.78, 5) is 19.9. The molecule has 5 heteroatoms. The quantitative estimate of drug-likeness (QED) is 0.827. The molecule has 0 amide bonds. The van der Waals surface area contributed by atoms with Gasteiger partial charge in [0.2, 0.25) is 11.7 Å². The summed E-state index contributed by atoms with van der Waals surface area (Å²) in [5.41, 5.74) is 1.83. The summed E-state index contributed by atoms with van der Waals surface area (Å²) in [5, 5.41) is 3.99. The van der Waals surface area contributed by atoms with Crippen molar-refractivity contribution in [2.24, 2.45) is 0 Å². The van der Waals surface area contributed by atoms with Gasteiger partial charge in [-0.15, -0.1) is 0 Å². The van der Waals surface area contributed by atoms with Crippen molar-refractivity contribution in [3.8, 4) is 11.5 Å². The second-order valence-corrected chi connectivity index (χ2v) is 4.99. The van der Waals surface area contributed by atoms with Crippen molar-refractivity contribution in [3.63, 3.8) is 0 Å². The summed E-state index contributed by atoms with van der Waals surface area (Å²) in [6, 6.07) is 3.86. The molecule has 5 nitrogen and oxygen atoms in total. The fraction of sp³-hybridized carbons (Fsp3) is 0.429. The molecule has 1 aliphatic carbocycles. The first kappa shape index (κ1) is 12.0. The summed E-state index contributed by atoms with van der Waals surface area (Å²) in [5.74, 6) is 1.70. The van der Waals surface area contributed by atoms with Crippen LogP contribution in [0.2, 0.25) is 0 Å². The zero-order valence-corrected chi connectivity index (χ0v) is 10.8. The van der Waals surface area contributed by atoms with Crippen molar-refractivity contribution in [1.29, 1.82) is 0 Å². The second-order valence-electron chi connectivity index (χ2n) is 4.99. The summed E-state index contributed by atoms with van der Waals surface area (Å²) < 4.78 is 5.32. The van der Waals surface area contributed by atoms with Gasteiger partial charge in [0.05, 0.1) is 0 Å². The van der Waals surface area contributed by atoms with E-state index in [4.69, 9.17) is 4.52 Å². The molecule has 0 unspecified atom stereocenters. The number of pyridine rings is 1. The molecule has 1 aliphatic rings. The van der Waals surface area contributed by atoms with E-state index in [9.17, 15) is 4.79 Å². The third-order valence-electron chi connectivity index (χ3n) is 3.48. The topological polar surface area (TPSA) is 68.9 Å². The molecule has 0 aromatic carbocycles. The van der Waals surface area contributed by atoms with Crippen LogP contribution in [0.5, 0.6) is 0 Å². The highest BCUT2D eigenvalue weighted by molar-refractivity contribution is 5.79. The van der Waals surface area contributed by atoms with Gasteiger partial charge in [-0.25, -0.2) is 0 Å². The van der Waals surface area contributed by atoms with E-state index < -0.39 is 0 Å². The van der Waals surface area contributed by atoms with Gasteiger partial charge in [0.15, 0.2) is 0 Å². The Bertz CT molecular complexity index is 596. The molecule has 19 heavy (non-hydrogen) atoms. The van der Waals surface area contributed by atoms with Gasteiger partial charge >= 0.3 is 0 Å². The average Bonchev–Trinajstić information content (AvgIpc) is 2.89. The molecule has 0 spiro atoms. The molecule has 0 N–H and O–H groups in total. The maximum Gasteiger partial charge on any atom is 0.230 e. The van der Waals surface area contributed by atoms with Crippen molar-refractivity contribution in [2.75, 3.05) is 0 Å². The molecule has 0 bridgehead atoms. The van der Waals surface area contributed by atoms with Crippen molar-refractivity contribution < 1.29 is 9.32 Å². The zero-order valence-electron chi connectivity index (χ0n) is 10.8. The average molecular weight is 257 g/mol. The van der Waals surface area contributed by atoms with Crippen LogP contribution >= 0.6 is 0 Å². The Morgan fingerprint density at radius 1 is 1.32 bits per heavy atom. The van der Waals surface area contributed by atoms with Crippen LogP contribution in [0.25, 0.3) is 11.5 Å². The Kier molecular flexibility index (Phi) is 3.11. The van der Waals surface area contributed by atoms with E-state index in [0.29, 0.717) is 30.3 Å². The number of hydrogen-bond acceptors (Lipinski definition) is 5. The predicted molar refractivity (Wildman–Crippen MR) is 68.5 cm³/mol. The lowest BCUT2D eigenvalue weighted by molar-refractivity contribution is -0.120. The van der Waals surface area contributed by atoms with E-state index in [0.717, 1.165) is 24.1 Å². The van der Waals surface area contributed by atoms with E-state index in [2.05, 4.69) is 15.1 Å². The molecule has 98 valence electrons. The van der Waals surface area contributed by atoms with Crippen molar-refractivity contribution in [1.82, 2.24) is 15.1 Å². The Labute approximate surface area is 111 Å². The van der Waals surface area contributed by atoms with Crippen LogP contribution in [0.4, 0.5) is 0 Å². The first-order valence-corrected chi connectivity index (χ1v) is 6.51. The minimum absolute atomic E-state index is 0.212. The molecule has 2 aromatic rings. The van der Waals surface area contributed by atoms with Crippen molar-refractivity contribution in [3.05, 3.63) is 29.8 Å². The summed E-state index contributed by atoms with van der Waals surface area (Å²) in [6.45, 7) is 2.00. The third-order valence-corrected chi connectivity index (χ3v) is 3.48. The van der Waals surface area contributed by atoms with Gasteiger partial charge in [-0.05, 0) is 37.5 Å². The standard InChI is InChI=1S/C14H15N3O2/c1-9-6-7-15-12(8-9)13-16-14(19-17-13)10-2-4-11(18)5-3-10/h6-8,10H,2-5H2,1H3. The SMILES string of the molecule is Cc1ccnc(-c2noc(C3CCC(=O)CC3)n2)c1. The molecule has 2 heterocycles. The monoisotopic (exact) mass is 257 g/mol. The van der Waals surface area contributed by atoms with Crippen molar-refractivity contribution >= 4 is 5.78 Å². The van der Waals surface area contributed by atoms with Gasteiger partial charge in [-0.3, -0.25) is 9.78 Å². The van der Waals surface area contributed by atoms with Crippen LogP contribution in [-0.4, -0.2) is 20.9 Å². The van der Waals surface area contributed by atoms with Gasteiger partial charge in [-0.1, -0.05) is 5.16 Å². The smallest absolute Gasteiger partial charge is 0.230 e. The van der Waals surface area contributed by atoms with Crippen LogP contribution in [-0.2, 0) is 4.79 Å². The van der Waals surface area contributed by atoms with E-state index >= 15 is 0 Å². The van der Waals surface area contributed by atoms with E-state index in [1.54, 1.807) is 6.20 Å². The molecule has 2 aromatic heterocycles. The second kappa shape index (κ2) is 4.91. The molecule has 0 aliphatic heterocycles. The molecular weight excluding hydrogens is 242 g/mol. The highest BCUT2D eigenvalue weighted by Crippen LogP contribution is 2.30. The normalized spacial score (nSPS) is 16.8. The lowest BCUT2D eigenvalue weighted by Crippen LogP contribution is -2.12. The maximum absolute atomic E-state index is 11.2. The Hall–Kier alpha value is -2.04. The first-order chi connectivity index (χ1) is 9.22. The van der Waals surface area contributed by atoms with Crippen molar-refractivity contribution in [2.45, 2.75) is 38.5 Å². The van der Waals surface area contributed by atoms with Gasteiger partial charge in [-0.2, -0.15) is 4.98 Å².